The summed E-state index contributed by atoms with van der Waals surface area (Å²) < 4.78 is 4.70. The van der Waals surface area contributed by atoms with Gasteiger partial charge < -0.3 is 39.6 Å². The summed E-state index contributed by atoms with van der Waals surface area (Å²) in [6.45, 7) is 11.6. The van der Waals surface area contributed by atoms with E-state index in [4.69, 9.17) is 15.0 Å². The fourth-order valence-electron chi connectivity index (χ4n) is 12.7. The number of carbonyl (C=O) groups is 4. The largest absolute Gasteiger partial charge is 0.366 e. The van der Waals surface area contributed by atoms with E-state index in [9.17, 15) is 14.4 Å². The zero-order valence-corrected chi connectivity index (χ0v) is 42.9. The Balaban J connectivity index is 0.725. The number of nitrogens with one attached hydrogen (secondary N) is 2. The highest BCUT2D eigenvalue weighted by molar-refractivity contribution is 7.97. The molecule has 15 nitrogen and oxygen atoms in total. The van der Waals surface area contributed by atoms with Gasteiger partial charge in [0.15, 0.2) is 5.82 Å². The summed E-state index contributed by atoms with van der Waals surface area (Å²) in [6.07, 6.45) is 18.7. The Morgan fingerprint density at radius 3 is 2.31 bits per heavy atom. The van der Waals surface area contributed by atoms with E-state index in [1.165, 1.54) is 32.4 Å². The van der Waals surface area contributed by atoms with E-state index in [-0.39, 0.29) is 41.6 Å². The SMILES string of the molecule is CNC(=O)C(CCC=O)c1ccc(N2CCC(SN3CCC(C(=O)N4CCC5(CC4)C(=O)N(C4CC(N6CCCCC6)C4)c4cc(-c6cc7ncn(C(C)C)c7c(NC7CC7)n6)ccc45)CC3)CC2)nc1. The highest BCUT2D eigenvalue weighted by Crippen LogP contribution is 2.52. The number of hydrogen-bond donors (Lipinski definition) is 2. The molecular formula is C55H73N11O4S. The van der Waals surface area contributed by atoms with E-state index < -0.39 is 5.41 Å². The monoisotopic (exact) mass is 984 g/mol. The lowest BCUT2D eigenvalue weighted by atomic mass is 9.73. The number of imidazole rings is 1. The lowest BCUT2D eigenvalue weighted by Gasteiger charge is -2.48. The number of fused-ring (bicyclic) bond motifs is 3. The fourth-order valence-corrected chi connectivity index (χ4v) is 14.0. The smallest absolute Gasteiger partial charge is 0.238 e. The molecule has 1 unspecified atom stereocenters. The first kappa shape index (κ1) is 48.2. The van der Waals surface area contributed by atoms with Crippen LogP contribution in [0.5, 0.6) is 0 Å². The first-order chi connectivity index (χ1) is 34.6. The molecule has 8 heterocycles. The van der Waals surface area contributed by atoms with Crippen molar-refractivity contribution in [2.75, 3.05) is 74.5 Å². The van der Waals surface area contributed by atoms with Crippen molar-refractivity contribution in [2.24, 2.45) is 5.92 Å². The van der Waals surface area contributed by atoms with Gasteiger partial charge in [0.25, 0.3) is 0 Å². The summed E-state index contributed by atoms with van der Waals surface area (Å²) in [7, 11) is 1.62. The van der Waals surface area contributed by atoms with Crippen LogP contribution in [-0.4, -0.2) is 140 Å². The third-order valence-corrected chi connectivity index (χ3v) is 18.6. The lowest BCUT2D eigenvalue weighted by Crippen LogP contribution is -2.58. The molecule has 378 valence electrons. The molecule has 3 amide bonds. The van der Waals surface area contributed by atoms with Crippen molar-refractivity contribution in [1.82, 2.24) is 38.9 Å². The molecule has 6 fully saturated rings. The quantitative estimate of drug-likeness (QED) is 0.0887. The number of pyridine rings is 2. The summed E-state index contributed by atoms with van der Waals surface area (Å²) in [5.41, 5.74) is 6.24. The number of aldehydes is 1. The average Bonchev–Trinajstić information content (AvgIpc) is 4.05. The summed E-state index contributed by atoms with van der Waals surface area (Å²) in [5, 5.41) is 6.96. The van der Waals surface area contributed by atoms with Gasteiger partial charge in [0, 0.05) is 106 Å². The van der Waals surface area contributed by atoms with Gasteiger partial charge in [0.05, 0.1) is 28.9 Å². The van der Waals surface area contributed by atoms with Crippen LogP contribution in [-0.2, 0) is 24.6 Å². The van der Waals surface area contributed by atoms with Gasteiger partial charge in [-0.15, -0.1) is 0 Å². The van der Waals surface area contributed by atoms with Crippen molar-refractivity contribution in [3.63, 3.8) is 0 Å². The van der Waals surface area contributed by atoms with Crippen LogP contribution in [0.1, 0.15) is 133 Å². The molecule has 2 saturated carbocycles. The maximum absolute atomic E-state index is 15.2. The second kappa shape index (κ2) is 20.5. The first-order valence-electron chi connectivity index (χ1n) is 27.0. The minimum atomic E-state index is -0.629. The van der Waals surface area contributed by atoms with Gasteiger partial charge in [-0.3, -0.25) is 18.7 Å². The number of likely N-dealkylation sites (N-methyl/N-ethyl adjacent to an activating group) is 1. The fraction of sp³-hybridized carbons (Fsp3) is 0.618. The van der Waals surface area contributed by atoms with Gasteiger partial charge in [-0.2, -0.15) is 0 Å². The number of hydrogen-bond acceptors (Lipinski definition) is 12. The van der Waals surface area contributed by atoms with E-state index >= 15 is 4.79 Å². The molecule has 2 N–H and O–H groups in total. The Morgan fingerprint density at radius 2 is 1.63 bits per heavy atom. The molecule has 2 aliphatic carbocycles. The zero-order chi connectivity index (χ0) is 48.8. The van der Waals surface area contributed by atoms with E-state index in [0.29, 0.717) is 56.1 Å². The summed E-state index contributed by atoms with van der Waals surface area (Å²) >= 11 is 1.97. The van der Waals surface area contributed by atoms with E-state index in [1.807, 2.05) is 30.4 Å². The lowest BCUT2D eigenvalue weighted by molar-refractivity contribution is -0.140. The van der Waals surface area contributed by atoms with Crippen LogP contribution in [0.4, 0.5) is 17.3 Å². The Hall–Kier alpha value is -5.06. The Labute approximate surface area is 423 Å². The molecule has 3 aromatic heterocycles. The second-order valence-corrected chi connectivity index (χ2v) is 23.3. The van der Waals surface area contributed by atoms with Gasteiger partial charge in [0.1, 0.15) is 17.6 Å². The van der Waals surface area contributed by atoms with Crippen LogP contribution in [0.3, 0.4) is 0 Å². The van der Waals surface area contributed by atoms with Crippen LogP contribution >= 0.6 is 11.9 Å². The van der Waals surface area contributed by atoms with Crippen molar-refractivity contribution in [3.05, 3.63) is 60.0 Å². The number of nitrogens with zero attached hydrogens (tertiary/aromatic N) is 9. The molecule has 4 aromatic rings. The molecule has 11 rings (SSSR count). The number of aromatic nitrogens is 4. The van der Waals surface area contributed by atoms with Crippen LogP contribution in [0, 0.1) is 5.92 Å². The first-order valence-corrected chi connectivity index (χ1v) is 27.9. The molecule has 1 aromatic carbocycles. The second-order valence-electron chi connectivity index (χ2n) is 21.9. The van der Waals surface area contributed by atoms with E-state index in [2.05, 4.69) is 77.2 Å². The molecule has 1 spiro atoms. The summed E-state index contributed by atoms with van der Waals surface area (Å²) in [5.74, 6) is 1.85. The molecule has 4 saturated heterocycles. The minimum Gasteiger partial charge on any atom is -0.366 e. The van der Waals surface area contributed by atoms with E-state index in [1.54, 1.807) is 13.2 Å². The highest BCUT2D eigenvalue weighted by Gasteiger charge is 2.56. The van der Waals surface area contributed by atoms with E-state index in [0.717, 1.165) is 135 Å². The standard InChI is InChI=1S/C55H73N11O4S/c1-36(2)65-35-58-47-33-46(60-51(50(47)65)59-40-11-12-40)38-9-13-45-48(30-38)66(42-31-41(32-42)61-21-5-4-6-22-61)54(70)55(45)19-27-63(28-20-55)53(69)37-15-25-64(26-16-37)71-43-17-23-62(24-18-43)49-14-10-39(34-57-49)44(8-7-29-67)52(68)56-3/h9-10,13-14,29-30,33-37,40-44H,4-8,11-12,15-28,31-32H2,1-3H3,(H,56,68)(H,59,60). The maximum atomic E-state index is 15.2. The average molecular weight is 984 g/mol. The van der Waals surface area contributed by atoms with Crippen LogP contribution in [0.2, 0.25) is 0 Å². The minimum absolute atomic E-state index is 0.0154. The predicted octanol–water partition coefficient (Wildman–Crippen LogP) is 7.71. The number of carbonyl (C=O) groups excluding carboxylic acids is 4. The number of rotatable bonds is 15. The van der Waals surface area contributed by atoms with Gasteiger partial charge in [0.2, 0.25) is 17.7 Å². The molecule has 1 atom stereocenters. The number of piperidine rings is 4. The number of likely N-dealkylation sites (tertiary alicyclic amines) is 2. The van der Waals surface area contributed by atoms with Gasteiger partial charge in [-0.25, -0.2) is 15.0 Å². The molecular weight excluding hydrogens is 911 g/mol. The third kappa shape index (κ3) is 9.57. The molecule has 16 heteroatoms. The molecule has 7 aliphatic rings. The van der Waals surface area contributed by atoms with Crippen LogP contribution in [0.15, 0.2) is 48.9 Å². The molecule has 0 bridgehead atoms. The Morgan fingerprint density at radius 1 is 0.873 bits per heavy atom. The Bertz CT molecular complexity index is 2580. The van der Waals surface area contributed by atoms with Crippen molar-refractivity contribution in [1.29, 1.82) is 0 Å². The Kier molecular flexibility index (Phi) is 13.9. The summed E-state index contributed by atoms with van der Waals surface area (Å²) in [4.78, 5) is 77.2. The third-order valence-electron chi connectivity index (χ3n) is 17.2. The topological polar surface area (TPSA) is 152 Å². The normalized spacial score (nSPS) is 23.8. The predicted molar refractivity (Wildman–Crippen MR) is 281 cm³/mol. The number of anilines is 3. The van der Waals surface area contributed by atoms with Crippen molar-refractivity contribution >= 4 is 64.3 Å². The molecule has 0 radical (unpaired) electrons. The van der Waals surface area contributed by atoms with Gasteiger partial charge in [-0.05, 0) is 140 Å². The molecule has 71 heavy (non-hydrogen) atoms. The zero-order valence-electron chi connectivity index (χ0n) is 42.1. The highest BCUT2D eigenvalue weighted by atomic mass is 32.2. The van der Waals surface area contributed by atoms with Crippen molar-refractivity contribution < 1.29 is 19.2 Å². The maximum Gasteiger partial charge on any atom is 0.238 e. The number of benzene rings is 1. The van der Waals surface area contributed by atoms with Gasteiger partial charge >= 0.3 is 0 Å². The number of amides is 3. The van der Waals surface area contributed by atoms with Gasteiger partial charge in [-0.1, -0.05) is 36.6 Å². The molecule has 5 aliphatic heterocycles. The van der Waals surface area contributed by atoms with Crippen molar-refractivity contribution in [3.8, 4) is 11.3 Å². The van der Waals surface area contributed by atoms with Crippen molar-refractivity contribution in [2.45, 2.75) is 151 Å². The summed E-state index contributed by atoms with van der Waals surface area (Å²) in [6, 6.07) is 14.2. The van der Waals surface area contributed by atoms with Crippen LogP contribution < -0.4 is 20.4 Å². The van der Waals surface area contributed by atoms with Crippen LogP contribution in [0.25, 0.3) is 22.3 Å².